The van der Waals surface area contributed by atoms with Crippen molar-refractivity contribution in [1.29, 1.82) is 0 Å². The maximum atomic E-state index is 6.11. The first-order valence-corrected chi connectivity index (χ1v) is 6.29. The van der Waals surface area contributed by atoms with Gasteiger partial charge in [0.1, 0.15) is 0 Å². The van der Waals surface area contributed by atoms with Crippen LogP contribution in [0.2, 0.25) is 5.02 Å². The van der Waals surface area contributed by atoms with E-state index in [0.717, 1.165) is 24.2 Å². The Balaban J connectivity index is 1.84. The van der Waals surface area contributed by atoms with E-state index in [1.54, 1.807) is 12.4 Å². The van der Waals surface area contributed by atoms with Crippen LogP contribution >= 0.6 is 11.6 Å². The van der Waals surface area contributed by atoms with Crippen molar-refractivity contribution < 1.29 is 0 Å². The third-order valence-corrected chi connectivity index (χ3v) is 3.07. The number of hydrogen-bond donors (Lipinski definition) is 2. The summed E-state index contributed by atoms with van der Waals surface area (Å²) in [6, 6.07) is 12.0. The molecule has 3 nitrogen and oxygen atoms in total. The van der Waals surface area contributed by atoms with Gasteiger partial charge in [0.25, 0.3) is 0 Å². The summed E-state index contributed by atoms with van der Waals surface area (Å²) in [5.41, 5.74) is 8.16. The van der Waals surface area contributed by atoms with Gasteiger partial charge in [0.15, 0.2) is 0 Å². The predicted molar refractivity (Wildman–Crippen MR) is 75.7 cm³/mol. The predicted octanol–water partition coefficient (Wildman–Crippen LogP) is 3.24. The van der Waals surface area contributed by atoms with Crippen LogP contribution in [0.1, 0.15) is 18.0 Å². The van der Waals surface area contributed by atoms with Crippen molar-refractivity contribution in [3.63, 3.8) is 0 Å². The molecular weight excluding hydrogens is 246 g/mol. The number of halogens is 1. The second kappa shape index (κ2) is 6.38. The van der Waals surface area contributed by atoms with Crippen molar-refractivity contribution in [2.45, 2.75) is 12.5 Å². The smallest absolute Gasteiger partial charge is 0.0820 e. The van der Waals surface area contributed by atoms with E-state index in [2.05, 4.69) is 10.3 Å². The lowest BCUT2D eigenvalue weighted by Crippen LogP contribution is -2.15. The van der Waals surface area contributed by atoms with Gasteiger partial charge in [0, 0.05) is 25.0 Å². The van der Waals surface area contributed by atoms with Crippen LogP contribution in [0.4, 0.5) is 5.69 Å². The summed E-state index contributed by atoms with van der Waals surface area (Å²) >= 11 is 6.00. The molecule has 0 aliphatic rings. The van der Waals surface area contributed by atoms with Crippen molar-refractivity contribution in [3.8, 4) is 0 Å². The molecule has 0 aliphatic carbocycles. The van der Waals surface area contributed by atoms with Crippen LogP contribution in [0.25, 0.3) is 0 Å². The molecule has 0 spiro atoms. The summed E-state index contributed by atoms with van der Waals surface area (Å²) in [4.78, 5) is 3.94. The Morgan fingerprint density at radius 3 is 2.72 bits per heavy atom. The number of nitrogens with two attached hydrogens (primary N) is 1. The van der Waals surface area contributed by atoms with E-state index in [9.17, 15) is 0 Å². The summed E-state index contributed by atoms with van der Waals surface area (Å²) in [7, 11) is 0. The zero-order valence-electron chi connectivity index (χ0n) is 10.0. The number of aromatic nitrogens is 1. The fraction of sp³-hybridized carbons (Fsp3) is 0.214. The molecule has 3 N–H and O–H groups in total. The van der Waals surface area contributed by atoms with E-state index in [4.69, 9.17) is 17.3 Å². The maximum Gasteiger partial charge on any atom is 0.0820 e. The lowest BCUT2D eigenvalue weighted by molar-refractivity contribution is 0.675. The van der Waals surface area contributed by atoms with Crippen LogP contribution < -0.4 is 11.1 Å². The monoisotopic (exact) mass is 261 g/mol. The summed E-state index contributed by atoms with van der Waals surface area (Å²) < 4.78 is 0. The summed E-state index contributed by atoms with van der Waals surface area (Å²) in [6.45, 7) is 0.778. The molecule has 0 aliphatic heterocycles. The second-order valence-corrected chi connectivity index (χ2v) is 4.50. The van der Waals surface area contributed by atoms with E-state index in [1.165, 1.54) is 0 Å². The van der Waals surface area contributed by atoms with Gasteiger partial charge in [-0.3, -0.25) is 4.98 Å². The van der Waals surface area contributed by atoms with Gasteiger partial charge in [-0.05, 0) is 18.1 Å². The molecule has 18 heavy (non-hydrogen) atoms. The molecule has 1 aromatic heterocycles. The molecule has 1 aromatic carbocycles. The van der Waals surface area contributed by atoms with Gasteiger partial charge in [-0.2, -0.15) is 0 Å². The van der Waals surface area contributed by atoms with Gasteiger partial charge in [0.2, 0.25) is 0 Å². The average Bonchev–Trinajstić information content (AvgIpc) is 2.42. The molecule has 2 aromatic rings. The first kappa shape index (κ1) is 12.9. The molecule has 2 rings (SSSR count). The van der Waals surface area contributed by atoms with Crippen molar-refractivity contribution in [3.05, 3.63) is 59.4 Å². The Morgan fingerprint density at radius 2 is 2.00 bits per heavy atom. The lowest BCUT2D eigenvalue weighted by Gasteiger charge is -2.13. The molecule has 94 valence electrons. The quantitative estimate of drug-likeness (QED) is 0.869. The second-order valence-electron chi connectivity index (χ2n) is 4.09. The van der Waals surface area contributed by atoms with Crippen LogP contribution in [0.3, 0.4) is 0 Å². The Kier molecular flexibility index (Phi) is 4.56. The van der Waals surface area contributed by atoms with Crippen LogP contribution in [0.5, 0.6) is 0 Å². The van der Waals surface area contributed by atoms with Crippen LogP contribution in [-0.4, -0.2) is 11.5 Å². The third kappa shape index (κ3) is 3.45. The summed E-state index contributed by atoms with van der Waals surface area (Å²) in [5, 5.41) is 3.89. The molecule has 0 saturated carbocycles. The van der Waals surface area contributed by atoms with E-state index < -0.39 is 0 Å². The van der Waals surface area contributed by atoms with Crippen LogP contribution in [-0.2, 0) is 0 Å². The molecule has 0 bridgehead atoms. The first-order chi connectivity index (χ1) is 8.77. The molecule has 0 fully saturated rings. The van der Waals surface area contributed by atoms with Gasteiger partial charge in [0.05, 0.1) is 10.7 Å². The highest BCUT2D eigenvalue weighted by Crippen LogP contribution is 2.20. The maximum absolute atomic E-state index is 6.11. The number of anilines is 1. The molecule has 1 heterocycles. The molecule has 1 unspecified atom stereocenters. The van der Waals surface area contributed by atoms with Crippen molar-refractivity contribution >= 4 is 17.3 Å². The number of nitrogens with zero attached hydrogens (tertiary/aromatic N) is 1. The Morgan fingerprint density at radius 1 is 1.22 bits per heavy atom. The van der Waals surface area contributed by atoms with Crippen LogP contribution in [0.15, 0.2) is 48.8 Å². The Hall–Kier alpha value is -1.58. The Bertz CT molecular complexity index is 487. The molecule has 0 radical (unpaired) electrons. The zero-order valence-corrected chi connectivity index (χ0v) is 10.8. The van der Waals surface area contributed by atoms with Crippen molar-refractivity contribution in [2.75, 3.05) is 11.9 Å². The first-order valence-electron chi connectivity index (χ1n) is 5.91. The number of nitrogens with one attached hydrogen (secondary N) is 1. The van der Waals surface area contributed by atoms with E-state index in [-0.39, 0.29) is 6.04 Å². The molecule has 0 saturated heterocycles. The average molecular weight is 262 g/mol. The largest absolute Gasteiger partial charge is 0.384 e. The van der Waals surface area contributed by atoms with Crippen LogP contribution in [0, 0.1) is 0 Å². The number of pyridine rings is 1. The minimum absolute atomic E-state index is 0.0410. The zero-order chi connectivity index (χ0) is 12.8. The molecular formula is C14H16ClN3. The summed E-state index contributed by atoms with van der Waals surface area (Å²) in [6.07, 6.45) is 4.19. The molecule has 0 amide bonds. The third-order valence-electron chi connectivity index (χ3n) is 2.77. The van der Waals surface area contributed by atoms with Gasteiger partial charge < -0.3 is 11.1 Å². The highest BCUT2D eigenvalue weighted by molar-refractivity contribution is 6.33. The minimum Gasteiger partial charge on any atom is -0.384 e. The lowest BCUT2D eigenvalue weighted by atomic mass is 10.1. The van der Waals surface area contributed by atoms with E-state index in [1.807, 2.05) is 36.4 Å². The molecule has 4 heteroatoms. The van der Waals surface area contributed by atoms with Gasteiger partial charge in [-0.1, -0.05) is 41.9 Å². The number of rotatable bonds is 5. The van der Waals surface area contributed by atoms with E-state index in [0.29, 0.717) is 5.02 Å². The van der Waals surface area contributed by atoms with Gasteiger partial charge in [-0.15, -0.1) is 0 Å². The van der Waals surface area contributed by atoms with E-state index >= 15 is 0 Å². The Labute approximate surface area is 112 Å². The highest BCUT2D eigenvalue weighted by atomic mass is 35.5. The van der Waals surface area contributed by atoms with Gasteiger partial charge in [-0.25, -0.2) is 0 Å². The normalized spacial score (nSPS) is 12.1. The highest BCUT2D eigenvalue weighted by Gasteiger charge is 2.05. The topological polar surface area (TPSA) is 50.9 Å². The number of hydrogen-bond acceptors (Lipinski definition) is 3. The molecule has 1 atom stereocenters. The number of benzene rings is 1. The summed E-state index contributed by atoms with van der Waals surface area (Å²) in [5.74, 6) is 0. The fourth-order valence-corrected chi connectivity index (χ4v) is 1.93. The minimum atomic E-state index is 0.0410. The fourth-order valence-electron chi connectivity index (χ4n) is 1.75. The van der Waals surface area contributed by atoms with Crippen molar-refractivity contribution in [2.24, 2.45) is 5.73 Å². The van der Waals surface area contributed by atoms with Gasteiger partial charge >= 0.3 is 0 Å². The standard InChI is InChI=1S/C14H16ClN3/c15-12-10-17-8-7-14(12)18-9-6-13(16)11-4-2-1-3-5-11/h1-5,7-8,10,13H,6,9,16H2,(H,17,18). The van der Waals surface area contributed by atoms with Crippen molar-refractivity contribution in [1.82, 2.24) is 4.98 Å². The SMILES string of the molecule is NC(CCNc1ccncc1Cl)c1ccccc1.